The van der Waals surface area contributed by atoms with E-state index in [0.717, 1.165) is 36.6 Å². The van der Waals surface area contributed by atoms with E-state index in [1.165, 1.54) is 17.7 Å². The fraction of sp³-hybridized carbons (Fsp3) is 0.350. The molecule has 26 heavy (non-hydrogen) atoms. The van der Waals surface area contributed by atoms with E-state index in [2.05, 4.69) is 16.3 Å². The van der Waals surface area contributed by atoms with Crippen LogP contribution in [-0.2, 0) is 13.0 Å². The highest BCUT2D eigenvalue weighted by Gasteiger charge is 2.20. The van der Waals surface area contributed by atoms with Gasteiger partial charge in [0.25, 0.3) is 0 Å². The molecule has 138 valence electrons. The maximum atomic E-state index is 12.9. The predicted octanol–water partition coefficient (Wildman–Crippen LogP) is 3.55. The summed E-state index contributed by atoms with van der Waals surface area (Å²) in [6.45, 7) is 4.53. The summed E-state index contributed by atoms with van der Waals surface area (Å²) in [5.74, 6) is -0.269. The molecular formula is C20H23ClFN3O. The fourth-order valence-electron chi connectivity index (χ4n) is 3.05. The highest BCUT2D eigenvalue weighted by molar-refractivity contribution is 6.30. The van der Waals surface area contributed by atoms with Gasteiger partial charge in [-0.15, -0.1) is 0 Å². The average molecular weight is 376 g/mol. The first-order valence-corrected chi connectivity index (χ1v) is 9.22. The van der Waals surface area contributed by atoms with Gasteiger partial charge in [0.1, 0.15) is 5.82 Å². The molecule has 1 aliphatic heterocycles. The van der Waals surface area contributed by atoms with Crippen LogP contribution < -0.4 is 5.32 Å². The molecule has 3 rings (SSSR count). The third-order valence-corrected chi connectivity index (χ3v) is 4.86. The number of urea groups is 1. The van der Waals surface area contributed by atoms with Crippen molar-refractivity contribution in [2.24, 2.45) is 0 Å². The van der Waals surface area contributed by atoms with E-state index in [4.69, 9.17) is 11.6 Å². The van der Waals surface area contributed by atoms with Gasteiger partial charge >= 0.3 is 6.03 Å². The predicted molar refractivity (Wildman–Crippen MR) is 102 cm³/mol. The highest BCUT2D eigenvalue weighted by atomic mass is 35.5. The summed E-state index contributed by atoms with van der Waals surface area (Å²) in [6, 6.07) is 14.1. The largest absolute Gasteiger partial charge is 0.334 e. The van der Waals surface area contributed by atoms with E-state index in [-0.39, 0.29) is 11.8 Å². The Morgan fingerprint density at radius 3 is 2.46 bits per heavy atom. The van der Waals surface area contributed by atoms with E-state index >= 15 is 0 Å². The van der Waals surface area contributed by atoms with Gasteiger partial charge in [-0.25, -0.2) is 9.18 Å². The van der Waals surface area contributed by atoms with Crippen molar-refractivity contribution in [1.29, 1.82) is 0 Å². The Hall–Kier alpha value is -2.11. The molecule has 0 spiro atoms. The number of halogens is 2. The number of benzene rings is 2. The van der Waals surface area contributed by atoms with Gasteiger partial charge in [-0.3, -0.25) is 4.90 Å². The van der Waals surface area contributed by atoms with Crippen molar-refractivity contribution in [2.75, 3.05) is 32.7 Å². The molecule has 0 aromatic heterocycles. The zero-order valence-electron chi connectivity index (χ0n) is 14.6. The molecule has 1 N–H and O–H groups in total. The first kappa shape index (κ1) is 18.7. The molecule has 2 aromatic carbocycles. The number of hydrogen-bond donors (Lipinski definition) is 1. The number of amides is 2. The van der Waals surface area contributed by atoms with Crippen LogP contribution in [-0.4, -0.2) is 48.6 Å². The second kappa shape index (κ2) is 9.01. The number of nitrogens with one attached hydrogen (secondary N) is 1. The van der Waals surface area contributed by atoms with Crippen LogP contribution in [0.25, 0.3) is 0 Å². The smallest absolute Gasteiger partial charge is 0.317 e. The Balaban J connectivity index is 1.38. The van der Waals surface area contributed by atoms with Crippen LogP contribution in [0.5, 0.6) is 0 Å². The normalized spacial score (nSPS) is 15.1. The number of nitrogens with zero attached hydrogens (tertiary/aromatic N) is 2. The minimum absolute atomic E-state index is 0.0659. The molecule has 0 unspecified atom stereocenters. The SMILES string of the molecule is O=C(NCc1ccc(F)cc1)N1CCN(CCc2cccc(Cl)c2)CC1. The van der Waals surface area contributed by atoms with Crippen LogP contribution in [0.15, 0.2) is 48.5 Å². The second-order valence-electron chi connectivity index (χ2n) is 6.49. The molecule has 1 fully saturated rings. The van der Waals surface area contributed by atoms with Gasteiger partial charge in [0.2, 0.25) is 0 Å². The van der Waals surface area contributed by atoms with Gasteiger partial charge in [0.15, 0.2) is 0 Å². The molecule has 1 aliphatic rings. The second-order valence-corrected chi connectivity index (χ2v) is 6.93. The van der Waals surface area contributed by atoms with Crippen LogP contribution in [0.4, 0.5) is 9.18 Å². The van der Waals surface area contributed by atoms with Crippen LogP contribution >= 0.6 is 11.6 Å². The summed E-state index contributed by atoms with van der Waals surface area (Å²) in [5, 5.41) is 3.67. The van der Waals surface area contributed by atoms with E-state index in [9.17, 15) is 9.18 Å². The van der Waals surface area contributed by atoms with Crippen LogP contribution in [0.1, 0.15) is 11.1 Å². The maximum Gasteiger partial charge on any atom is 0.317 e. The molecule has 0 aliphatic carbocycles. The lowest BCUT2D eigenvalue weighted by Gasteiger charge is -2.34. The molecule has 1 heterocycles. The summed E-state index contributed by atoms with van der Waals surface area (Å²) < 4.78 is 12.9. The minimum atomic E-state index is -0.269. The molecule has 1 saturated heterocycles. The van der Waals surface area contributed by atoms with Gasteiger partial charge in [0, 0.05) is 44.3 Å². The molecule has 2 amide bonds. The lowest BCUT2D eigenvalue weighted by Crippen LogP contribution is -2.51. The van der Waals surface area contributed by atoms with Gasteiger partial charge in [-0.05, 0) is 41.8 Å². The molecular weight excluding hydrogens is 353 g/mol. The van der Waals surface area contributed by atoms with Gasteiger partial charge < -0.3 is 10.2 Å². The summed E-state index contributed by atoms with van der Waals surface area (Å²) in [7, 11) is 0. The van der Waals surface area contributed by atoms with Crippen molar-refractivity contribution in [3.63, 3.8) is 0 Å². The van der Waals surface area contributed by atoms with Gasteiger partial charge in [-0.2, -0.15) is 0 Å². The molecule has 0 atom stereocenters. The van der Waals surface area contributed by atoms with Crippen molar-refractivity contribution in [3.8, 4) is 0 Å². The Kier molecular flexibility index (Phi) is 6.47. The Labute approximate surface area is 158 Å². The van der Waals surface area contributed by atoms with E-state index in [1.807, 2.05) is 23.1 Å². The summed E-state index contributed by atoms with van der Waals surface area (Å²) in [4.78, 5) is 16.5. The fourth-order valence-corrected chi connectivity index (χ4v) is 3.26. The van der Waals surface area contributed by atoms with Crippen molar-refractivity contribution in [3.05, 3.63) is 70.5 Å². The standard InChI is InChI=1S/C20H23ClFN3O/c21-18-3-1-2-16(14-18)8-9-24-10-12-25(13-11-24)20(26)23-15-17-4-6-19(22)7-5-17/h1-7,14H,8-13,15H2,(H,23,26). The van der Waals surface area contributed by atoms with E-state index < -0.39 is 0 Å². The maximum absolute atomic E-state index is 12.9. The summed E-state index contributed by atoms with van der Waals surface area (Å²) >= 11 is 6.02. The molecule has 6 heteroatoms. The molecule has 0 radical (unpaired) electrons. The molecule has 0 saturated carbocycles. The Morgan fingerprint density at radius 2 is 1.77 bits per heavy atom. The minimum Gasteiger partial charge on any atom is -0.334 e. The summed E-state index contributed by atoms with van der Waals surface area (Å²) in [6.07, 6.45) is 0.956. The lowest BCUT2D eigenvalue weighted by atomic mass is 10.1. The molecule has 4 nitrogen and oxygen atoms in total. The zero-order chi connectivity index (χ0) is 18.4. The van der Waals surface area contributed by atoms with Crippen LogP contribution in [0.2, 0.25) is 5.02 Å². The zero-order valence-corrected chi connectivity index (χ0v) is 15.4. The highest BCUT2D eigenvalue weighted by Crippen LogP contribution is 2.12. The monoisotopic (exact) mass is 375 g/mol. The third-order valence-electron chi connectivity index (χ3n) is 4.62. The average Bonchev–Trinajstić information content (AvgIpc) is 2.66. The third kappa shape index (κ3) is 5.44. The van der Waals surface area contributed by atoms with Crippen LogP contribution in [0.3, 0.4) is 0 Å². The Morgan fingerprint density at radius 1 is 1.04 bits per heavy atom. The van der Waals surface area contributed by atoms with E-state index in [1.54, 1.807) is 12.1 Å². The first-order valence-electron chi connectivity index (χ1n) is 8.84. The van der Waals surface area contributed by atoms with Crippen molar-refractivity contribution < 1.29 is 9.18 Å². The van der Waals surface area contributed by atoms with Gasteiger partial charge in [0.05, 0.1) is 0 Å². The van der Waals surface area contributed by atoms with Crippen LogP contribution in [0, 0.1) is 5.82 Å². The van der Waals surface area contributed by atoms with E-state index in [0.29, 0.717) is 19.6 Å². The number of carbonyl (C=O) groups excluding carboxylic acids is 1. The number of rotatable bonds is 5. The topological polar surface area (TPSA) is 35.6 Å². The molecule has 0 bridgehead atoms. The van der Waals surface area contributed by atoms with Crippen molar-refractivity contribution >= 4 is 17.6 Å². The summed E-state index contributed by atoms with van der Waals surface area (Å²) in [5.41, 5.74) is 2.12. The molecule has 2 aromatic rings. The number of piperazine rings is 1. The van der Waals surface area contributed by atoms with Crippen molar-refractivity contribution in [2.45, 2.75) is 13.0 Å². The first-order chi connectivity index (χ1) is 12.6. The number of hydrogen-bond acceptors (Lipinski definition) is 2. The van der Waals surface area contributed by atoms with Gasteiger partial charge in [-0.1, -0.05) is 35.9 Å². The lowest BCUT2D eigenvalue weighted by molar-refractivity contribution is 0.140. The van der Waals surface area contributed by atoms with Crippen molar-refractivity contribution in [1.82, 2.24) is 15.1 Å². The Bertz CT molecular complexity index is 730. The number of carbonyl (C=O) groups is 1. The quantitative estimate of drug-likeness (QED) is 0.867.